The zero-order chi connectivity index (χ0) is 11.0. The molecule has 1 aromatic carbocycles. The molecule has 0 N–H and O–H groups in total. The Bertz CT molecular complexity index is 609. The molecule has 4 heteroatoms. The normalized spacial score (nSPS) is 10.8. The van der Waals surface area contributed by atoms with E-state index in [9.17, 15) is 0 Å². The average molecular weight is 230 g/mol. The molecule has 0 spiro atoms. The van der Waals surface area contributed by atoms with Gasteiger partial charge in [0.05, 0.1) is 12.8 Å². The van der Waals surface area contributed by atoms with E-state index in [2.05, 4.69) is 26.9 Å². The summed E-state index contributed by atoms with van der Waals surface area (Å²) in [7, 11) is 1.67. The Balaban J connectivity index is 2.12. The molecule has 16 heavy (non-hydrogen) atoms. The molecule has 0 aliphatic carbocycles. The quantitative estimate of drug-likeness (QED) is 0.676. The molecule has 3 aromatic rings. The summed E-state index contributed by atoms with van der Waals surface area (Å²) in [5, 5.41) is 2.12. The van der Waals surface area contributed by atoms with Crippen LogP contribution in [0.2, 0.25) is 0 Å². The van der Waals surface area contributed by atoms with Gasteiger partial charge in [-0.2, -0.15) is 0 Å². The van der Waals surface area contributed by atoms with Gasteiger partial charge in [0.25, 0.3) is 0 Å². The van der Waals surface area contributed by atoms with Gasteiger partial charge in [-0.1, -0.05) is 0 Å². The predicted octanol–water partition coefficient (Wildman–Crippen LogP) is 3.07. The second-order valence-electron chi connectivity index (χ2n) is 3.43. The number of nitrogens with zero attached hydrogens (tertiary/aromatic N) is 2. The van der Waals surface area contributed by atoms with Crippen LogP contribution in [-0.4, -0.2) is 16.5 Å². The van der Waals surface area contributed by atoms with Crippen molar-refractivity contribution in [3.63, 3.8) is 0 Å². The van der Waals surface area contributed by atoms with Crippen molar-refractivity contribution in [2.75, 3.05) is 7.11 Å². The smallest absolute Gasteiger partial charge is 0.194 e. The highest BCUT2D eigenvalue weighted by molar-refractivity contribution is 7.15. The molecular formula is C12H10N2OS. The lowest BCUT2D eigenvalue weighted by atomic mass is 10.2. The molecule has 0 saturated carbocycles. The summed E-state index contributed by atoms with van der Waals surface area (Å²) in [4.78, 5) is 5.27. The second kappa shape index (κ2) is 3.64. The molecule has 0 amide bonds. The Labute approximate surface area is 96.9 Å². The molecule has 0 radical (unpaired) electrons. The maximum Gasteiger partial charge on any atom is 0.194 e. The van der Waals surface area contributed by atoms with Gasteiger partial charge in [0, 0.05) is 17.8 Å². The van der Waals surface area contributed by atoms with E-state index in [-0.39, 0.29) is 0 Å². The summed E-state index contributed by atoms with van der Waals surface area (Å²) in [6.07, 6.45) is 3.80. The fraction of sp³-hybridized carbons (Fsp3) is 0.0833. The van der Waals surface area contributed by atoms with E-state index in [1.54, 1.807) is 18.4 Å². The Morgan fingerprint density at radius 3 is 2.81 bits per heavy atom. The lowest BCUT2D eigenvalue weighted by Crippen LogP contribution is -1.85. The van der Waals surface area contributed by atoms with Crippen LogP contribution in [0.4, 0.5) is 0 Å². The van der Waals surface area contributed by atoms with E-state index in [4.69, 9.17) is 4.74 Å². The van der Waals surface area contributed by atoms with E-state index < -0.39 is 0 Å². The van der Waals surface area contributed by atoms with Crippen molar-refractivity contribution < 1.29 is 4.74 Å². The Morgan fingerprint density at radius 1 is 1.25 bits per heavy atom. The van der Waals surface area contributed by atoms with Gasteiger partial charge in [-0.3, -0.25) is 4.40 Å². The number of aromatic nitrogens is 2. The number of imidazole rings is 1. The van der Waals surface area contributed by atoms with E-state index in [0.29, 0.717) is 0 Å². The Hall–Kier alpha value is -1.81. The minimum absolute atomic E-state index is 0.876. The highest BCUT2D eigenvalue weighted by Gasteiger charge is 2.05. The number of rotatable bonds is 2. The van der Waals surface area contributed by atoms with Crippen molar-refractivity contribution in [1.82, 2.24) is 9.38 Å². The highest BCUT2D eigenvalue weighted by Crippen LogP contribution is 2.26. The van der Waals surface area contributed by atoms with Crippen LogP contribution in [0.5, 0.6) is 5.75 Å². The van der Waals surface area contributed by atoms with Gasteiger partial charge in [-0.15, -0.1) is 11.3 Å². The van der Waals surface area contributed by atoms with E-state index in [0.717, 1.165) is 10.7 Å². The van der Waals surface area contributed by atoms with Gasteiger partial charge in [0.15, 0.2) is 4.96 Å². The SMILES string of the molecule is COc1ccc(-c2csc3nccn23)cc1. The van der Waals surface area contributed by atoms with Crippen molar-refractivity contribution in [3.05, 3.63) is 42.0 Å². The van der Waals surface area contributed by atoms with Crippen molar-refractivity contribution in [2.45, 2.75) is 0 Å². The number of fused-ring (bicyclic) bond motifs is 1. The largest absolute Gasteiger partial charge is 0.497 e. The van der Waals surface area contributed by atoms with Crippen LogP contribution in [0.3, 0.4) is 0 Å². The number of ether oxygens (including phenoxy) is 1. The number of hydrogen-bond acceptors (Lipinski definition) is 3. The number of benzene rings is 1. The Kier molecular flexibility index (Phi) is 2.15. The number of thiazole rings is 1. The van der Waals surface area contributed by atoms with E-state index in [1.807, 2.05) is 24.5 Å². The lowest BCUT2D eigenvalue weighted by Gasteiger charge is -2.02. The second-order valence-corrected chi connectivity index (χ2v) is 4.27. The van der Waals surface area contributed by atoms with Crippen molar-refractivity contribution in [3.8, 4) is 17.0 Å². The standard InChI is InChI=1S/C12H10N2OS/c1-15-10-4-2-9(3-5-10)11-8-16-12-13-6-7-14(11)12/h2-8H,1H3. The first-order chi connectivity index (χ1) is 7.88. The first-order valence-corrected chi connectivity index (χ1v) is 5.81. The zero-order valence-electron chi connectivity index (χ0n) is 8.75. The van der Waals surface area contributed by atoms with Gasteiger partial charge in [-0.25, -0.2) is 4.98 Å². The molecule has 0 fully saturated rings. The topological polar surface area (TPSA) is 26.5 Å². The van der Waals surface area contributed by atoms with Crippen molar-refractivity contribution >= 4 is 16.3 Å². The summed E-state index contributed by atoms with van der Waals surface area (Å²) < 4.78 is 7.23. The maximum absolute atomic E-state index is 5.14. The molecule has 0 bridgehead atoms. The fourth-order valence-electron chi connectivity index (χ4n) is 1.69. The molecular weight excluding hydrogens is 220 g/mol. The highest BCUT2D eigenvalue weighted by atomic mass is 32.1. The first-order valence-electron chi connectivity index (χ1n) is 4.93. The summed E-state index contributed by atoms with van der Waals surface area (Å²) >= 11 is 1.65. The molecule has 80 valence electrons. The minimum Gasteiger partial charge on any atom is -0.497 e. The average Bonchev–Trinajstić information content (AvgIpc) is 2.91. The van der Waals surface area contributed by atoms with Gasteiger partial charge in [0.2, 0.25) is 0 Å². The van der Waals surface area contributed by atoms with Crippen LogP contribution >= 0.6 is 11.3 Å². The maximum atomic E-state index is 5.14. The Morgan fingerprint density at radius 2 is 2.06 bits per heavy atom. The summed E-state index contributed by atoms with van der Waals surface area (Å²) in [5.74, 6) is 0.876. The van der Waals surface area contributed by atoms with Gasteiger partial charge >= 0.3 is 0 Å². The van der Waals surface area contributed by atoms with Crippen LogP contribution < -0.4 is 4.74 Å². The van der Waals surface area contributed by atoms with Gasteiger partial charge < -0.3 is 4.74 Å². The third-order valence-electron chi connectivity index (χ3n) is 2.53. The first kappa shape index (κ1) is 9.42. The minimum atomic E-state index is 0.876. The number of hydrogen-bond donors (Lipinski definition) is 0. The predicted molar refractivity (Wildman–Crippen MR) is 65.1 cm³/mol. The molecule has 3 nitrogen and oxygen atoms in total. The molecule has 2 heterocycles. The van der Waals surface area contributed by atoms with Crippen molar-refractivity contribution in [2.24, 2.45) is 0 Å². The van der Waals surface area contributed by atoms with Crippen molar-refractivity contribution in [1.29, 1.82) is 0 Å². The van der Waals surface area contributed by atoms with Gasteiger partial charge in [0.1, 0.15) is 5.75 Å². The summed E-state index contributed by atoms with van der Waals surface area (Å²) in [6, 6.07) is 8.05. The molecule has 3 rings (SSSR count). The zero-order valence-corrected chi connectivity index (χ0v) is 9.57. The fourth-order valence-corrected chi connectivity index (χ4v) is 2.56. The van der Waals surface area contributed by atoms with Gasteiger partial charge in [-0.05, 0) is 29.8 Å². The third kappa shape index (κ3) is 1.39. The molecule has 0 aliphatic rings. The van der Waals surface area contributed by atoms with E-state index >= 15 is 0 Å². The van der Waals surface area contributed by atoms with E-state index in [1.165, 1.54) is 11.3 Å². The van der Waals surface area contributed by atoms with Crippen LogP contribution in [0.25, 0.3) is 16.2 Å². The lowest BCUT2D eigenvalue weighted by molar-refractivity contribution is 0.415. The third-order valence-corrected chi connectivity index (χ3v) is 3.38. The monoisotopic (exact) mass is 230 g/mol. The van der Waals surface area contributed by atoms with Crippen LogP contribution in [0.15, 0.2) is 42.0 Å². The summed E-state index contributed by atoms with van der Waals surface area (Å²) in [6.45, 7) is 0. The molecule has 0 atom stereocenters. The van der Waals surface area contributed by atoms with Crippen LogP contribution in [-0.2, 0) is 0 Å². The molecule has 0 saturated heterocycles. The number of methoxy groups -OCH3 is 1. The molecule has 0 unspecified atom stereocenters. The summed E-state index contributed by atoms with van der Waals surface area (Å²) in [5.41, 5.74) is 2.34. The van der Waals surface area contributed by atoms with Crippen LogP contribution in [0.1, 0.15) is 0 Å². The molecule has 0 aliphatic heterocycles. The molecule has 2 aromatic heterocycles. The van der Waals surface area contributed by atoms with Crippen LogP contribution in [0, 0.1) is 0 Å².